The largest absolute Gasteiger partial charge is 0.450 e. The molecule has 1 N–H and O–H groups in total. The summed E-state index contributed by atoms with van der Waals surface area (Å²) in [5, 5.41) is 2.55. The molecule has 0 aliphatic heterocycles. The Morgan fingerprint density at radius 1 is 1.36 bits per heavy atom. The van der Waals surface area contributed by atoms with Gasteiger partial charge in [0.25, 0.3) is 0 Å². The van der Waals surface area contributed by atoms with Crippen LogP contribution in [-0.2, 0) is 9.53 Å². The van der Waals surface area contributed by atoms with Gasteiger partial charge in [0.15, 0.2) is 5.78 Å². The molecule has 0 spiro atoms. The van der Waals surface area contributed by atoms with Crippen molar-refractivity contribution < 1.29 is 14.3 Å². The summed E-state index contributed by atoms with van der Waals surface area (Å²) in [6, 6.07) is -0.499. The van der Waals surface area contributed by atoms with Gasteiger partial charge < -0.3 is 10.1 Å². The fraction of sp³-hybridized carbons (Fsp3) is 0.800. The summed E-state index contributed by atoms with van der Waals surface area (Å²) in [5.74, 6) is -0.0643. The van der Waals surface area contributed by atoms with Crippen LogP contribution in [0.25, 0.3) is 0 Å². The lowest BCUT2D eigenvalue weighted by Crippen LogP contribution is -2.48. The molecule has 1 amide bonds. The first-order chi connectivity index (χ1) is 6.29. The molecule has 0 saturated carbocycles. The monoisotopic (exact) mass is 201 g/mol. The first kappa shape index (κ1) is 12.9. The summed E-state index contributed by atoms with van der Waals surface area (Å²) < 4.78 is 4.72. The van der Waals surface area contributed by atoms with Crippen molar-refractivity contribution in [1.29, 1.82) is 0 Å². The van der Waals surface area contributed by atoms with Gasteiger partial charge in [0.1, 0.15) is 0 Å². The highest BCUT2D eigenvalue weighted by molar-refractivity contribution is 5.86. The molecule has 0 aliphatic rings. The number of amides is 1. The van der Waals surface area contributed by atoms with Crippen molar-refractivity contribution in [2.45, 2.75) is 40.7 Å². The standard InChI is InChI=1S/C10H19NO3/c1-6-14-9(13)11-8(7(2)12)10(3,4)5/h8H,6H2,1-5H3,(H,11,13). The SMILES string of the molecule is CCOC(=O)NC(C(C)=O)C(C)(C)C. The van der Waals surface area contributed by atoms with Crippen molar-refractivity contribution in [2.24, 2.45) is 5.41 Å². The van der Waals surface area contributed by atoms with Gasteiger partial charge in [-0.15, -0.1) is 0 Å². The molecule has 0 heterocycles. The minimum Gasteiger partial charge on any atom is -0.450 e. The molecule has 82 valence electrons. The van der Waals surface area contributed by atoms with Gasteiger partial charge in [-0.1, -0.05) is 20.8 Å². The molecule has 14 heavy (non-hydrogen) atoms. The zero-order valence-electron chi connectivity index (χ0n) is 9.51. The Balaban J connectivity index is 4.40. The molecular weight excluding hydrogens is 182 g/mol. The molecule has 4 nitrogen and oxygen atoms in total. The van der Waals surface area contributed by atoms with E-state index < -0.39 is 12.1 Å². The molecular formula is C10H19NO3. The molecule has 0 aromatic rings. The Hall–Kier alpha value is -1.06. The Morgan fingerprint density at radius 3 is 2.14 bits per heavy atom. The average molecular weight is 201 g/mol. The van der Waals surface area contributed by atoms with Gasteiger partial charge in [-0.3, -0.25) is 4.79 Å². The third-order valence-corrected chi connectivity index (χ3v) is 1.81. The molecule has 0 aromatic carbocycles. The average Bonchev–Trinajstić information content (AvgIpc) is 1.98. The number of Topliss-reactive ketones (excluding diaryl/α,β-unsaturated/α-hetero) is 1. The Bertz CT molecular complexity index is 218. The first-order valence-electron chi connectivity index (χ1n) is 4.72. The van der Waals surface area contributed by atoms with Crippen LogP contribution in [0.5, 0.6) is 0 Å². The maximum absolute atomic E-state index is 11.3. The minimum absolute atomic E-state index is 0.0643. The number of alkyl carbamates (subject to hydrolysis) is 1. The van der Waals surface area contributed by atoms with Crippen LogP contribution in [0, 0.1) is 5.41 Å². The Kier molecular flexibility index (Phi) is 4.60. The van der Waals surface area contributed by atoms with E-state index in [1.165, 1.54) is 6.92 Å². The highest BCUT2D eigenvalue weighted by Crippen LogP contribution is 2.19. The van der Waals surface area contributed by atoms with Gasteiger partial charge in [-0.2, -0.15) is 0 Å². The summed E-state index contributed by atoms with van der Waals surface area (Å²) in [4.78, 5) is 22.4. The van der Waals surface area contributed by atoms with Crippen LogP contribution >= 0.6 is 0 Å². The van der Waals surface area contributed by atoms with Crippen LogP contribution in [0.4, 0.5) is 4.79 Å². The summed E-state index contributed by atoms with van der Waals surface area (Å²) in [7, 11) is 0. The van der Waals surface area contributed by atoms with Crippen molar-refractivity contribution in [3.8, 4) is 0 Å². The smallest absolute Gasteiger partial charge is 0.407 e. The third-order valence-electron chi connectivity index (χ3n) is 1.81. The maximum atomic E-state index is 11.3. The van der Waals surface area contributed by atoms with E-state index in [0.29, 0.717) is 6.61 Å². The van der Waals surface area contributed by atoms with Crippen molar-refractivity contribution >= 4 is 11.9 Å². The lowest BCUT2D eigenvalue weighted by molar-refractivity contribution is -0.121. The number of rotatable bonds is 3. The Labute approximate surface area is 85.0 Å². The van der Waals surface area contributed by atoms with E-state index >= 15 is 0 Å². The van der Waals surface area contributed by atoms with Crippen molar-refractivity contribution in [2.75, 3.05) is 6.61 Å². The van der Waals surface area contributed by atoms with Crippen molar-refractivity contribution in [3.05, 3.63) is 0 Å². The normalized spacial score (nSPS) is 13.2. The van der Waals surface area contributed by atoms with Crippen LogP contribution in [0.2, 0.25) is 0 Å². The molecule has 0 rings (SSSR count). The second-order valence-corrected chi connectivity index (χ2v) is 4.27. The molecule has 0 radical (unpaired) electrons. The number of nitrogens with one attached hydrogen (secondary N) is 1. The van der Waals surface area contributed by atoms with E-state index in [1.807, 2.05) is 20.8 Å². The topological polar surface area (TPSA) is 55.4 Å². The van der Waals surface area contributed by atoms with E-state index in [0.717, 1.165) is 0 Å². The lowest BCUT2D eigenvalue weighted by atomic mass is 9.85. The van der Waals surface area contributed by atoms with Crippen molar-refractivity contribution in [3.63, 3.8) is 0 Å². The van der Waals surface area contributed by atoms with E-state index in [-0.39, 0.29) is 11.2 Å². The number of carbonyl (C=O) groups is 2. The molecule has 1 unspecified atom stereocenters. The third kappa shape index (κ3) is 4.25. The molecule has 0 fully saturated rings. The number of hydrogen-bond donors (Lipinski definition) is 1. The van der Waals surface area contributed by atoms with Gasteiger partial charge in [0, 0.05) is 0 Å². The fourth-order valence-corrected chi connectivity index (χ4v) is 1.22. The minimum atomic E-state index is -0.539. The Morgan fingerprint density at radius 2 is 1.86 bits per heavy atom. The van der Waals surface area contributed by atoms with Gasteiger partial charge in [0.05, 0.1) is 12.6 Å². The molecule has 4 heteroatoms. The fourth-order valence-electron chi connectivity index (χ4n) is 1.22. The van der Waals surface area contributed by atoms with Crippen LogP contribution in [-0.4, -0.2) is 24.5 Å². The predicted octanol–water partition coefficient (Wildman–Crippen LogP) is 1.74. The second-order valence-electron chi connectivity index (χ2n) is 4.27. The van der Waals surface area contributed by atoms with Crippen LogP contribution in [0.3, 0.4) is 0 Å². The number of ketones is 1. The maximum Gasteiger partial charge on any atom is 0.407 e. The molecule has 1 atom stereocenters. The summed E-state index contributed by atoms with van der Waals surface area (Å²) in [6.45, 7) is 9.17. The first-order valence-corrected chi connectivity index (χ1v) is 4.72. The van der Waals surface area contributed by atoms with Gasteiger partial charge in [-0.25, -0.2) is 4.79 Å². The van der Waals surface area contributed by atoms with Crippen LogP contribution in [0.15, 0.2) is 0 Å². The lowest BCUT2D eigenvalue weighted by Gasteiger charge is -2.28. The highest BCUT2D eigenvalue weighted by atomic mass is 16.5. The molecule has 0 bridgehead atoms. The van der Waals surface area contributed by atoms with Crippen molar-refractivity contribution in [1.82, 2.24) is 5.32 Å². The summed E-state index contributed by atoms with van der Waals surface area (Å²) in [6.07, 6.45) is -0.539. The molecule has 0 saturated heterocycles. The number of ether oxygens (including phenoxy) is 1. The number of carbonyl (C=O) groups excluding carboxylic acids is 2. The predicted molar refractivity (Wildman–Crippen MR) is 54.1 cm³/mol. The molecule has 0 aliphatic carbocycles. The van der Waals surface area contributed by atoms with E-state index in [4.69, 9.17) is 4.74 Å². The number of hydrogen-bond acceptors (Lipinski definition) is 3. The molecule has 0 aromatic heterocycles. The zero-order valence-corrected chi connectivity index (χ0v) is 9.51. The van der Waals surface area contributed by atoms with E-state index in [1.54, 1.807) is 6.92 Å². The van der Waals surface area contributed by atoms with Crippen LogP contribution < -0.4 is 5.32 Å². The van der Waals surface area contributed by atoms with E-state index in [2.05, 4.69) is 5.32 Å². The van der Waals surface area contributed by atoms with Gasteiger partial charge in [0.2, 0.25) is 0 Å². The summed E-state index contributed by atoms with van der Waals surface area (Å²) >= 11 is 0. The second kappa shape index (κ2) is 4.98. The summed E-state index contributed by atoms with van der Waals surface area (Å²) in [5.41, 5.74) is -0.293. The highest BCUT2D eigenvalue weighted by Gasteiger charge is 2.30. The van der Waals surface area contributed by atoms with E-state index in [9.17, 15) is 9.59 Å². The quantitative estimate of drug-likeness (QED) is 0.756. The zero-order chi connectivity index (χ0) is 11.4. The van der Waals surface area contributed by atoms with Crippen LogP contribution in [0.1, 0.15) is 34.6 Å². The van der Waals surface area contributed by atoms with Gasteiger partial charge >= 0.3 is 6.09 Å². The van der Waals surface area contributed by atoms with Gasteiger partial charge in [-0.05, 0) is 19.3 Å².